The van der Waals surface area contributed by atoms with Gasteiger partial charge in [-0.3, -0.25) is 5.10 Å². The van der Waals surface area contributed by atoms with E-state index in [1.165, 1.54) is 4.31 Å². The van der Waals surface area contributed by atoms with Gasteiger partial charge in [0.1, 0.15) is 13.2 Å². The van der Waals surface area contributed by atoms with Crippen LogP contribution in [0.15, 0.2) is 23.1 Å². The second-order valence-corrected chi connectivity index (χ2v) is 8.42. The van der Waals surface area contributed by atoms with Crippen LogP contribution in [0.25, 0.3) is 0 Å². The highest BCUT2D eigenvalue weighted by molar-refractivity contribution is 7.89. The van der Waals surface area contributed by atoms with Crippen LogP contribution in [0.2, 0.25) is 0 Å². The number of fused-ring (bicyclic) bond motifs is 1. The number of benzene rings is 1. The number of nitrogens with one attached hydrogen (secondary N) is 1. The molecule has 0 bridgehead atoms. The molecule has 4 rings (SSSR count). The number of aryl methyl sites for hydroxylation is 2. The Morgan fingerprint density at radius 3 is 2.38 bits per heavy atom. The van der Waals surface area contributed by atoms with Gasteiger partial charge < -0.3 is 14.4 Å². The summed E-state index contributed by atoms with van der Waals surface area (Å²) in [7, 11) is -3.56. The van der Waals surface area contributed by atoms with E-state index >= 15 is 0 Å². The molecule has 26 heavy (non-hydrogen) atoms. The molecule has 2 aliphatic rings. The van der Waals surface area contributed by atoms with E-state index in [1.54, 1.807) is 18.2 Å². The first kappa shape index (κ1) is 17.2. The lowest BCUT2D eigenvalue weighted by Gasteiger charge is -2.35. The lowest BCUT2D eigenvalue weighted by Crippen LogP contribution is -2.49. The molecule has 0 atom stereocenters. The molecule has 1 fully saturated rings. The molecular weight excluding hydrogens is 356 g/mol. The third kappa shape index (κ3) is 2.90. The van der Waals surface area contributed by atoms with E-state index in [1.807, 2.05) is 13.8 Å². The summed E-state index contributed by atoms with van der Waals surface area (Å²) < 4.78 is 38.5. The lowest BCUT2D eigenvalue weighted by molar-refractivity contribution is 0.171. The second-order valence-electron chi connectivity index (χ2n) is 6.48. The molecule has 1 aromatic heterocycles. The molecule has 0 radical (unpaired) electrons. The van der Waals surface area contributed by atoms with Gasteiger partial charge in [0.2, 0.25) is 10.0 Å². The zero-order valence-electron chi connectivity index (χ0n) is 14.9. The average Bonchev–Trinajstić information content (AvgIpc) is 3.00. The van der Waals surface area contributed by atoms with Crippen LogP contribution in [0.4, 0.5) is 5.69 Å². The van der Waals surface area contributed by atoms with Gasteiger partial charge >= 0.3 is 0 Å². The first-order valence-electron chi connectivity index (χ1n) is 8.63. The molecule has 1 N–H and O–H groups in total. The molecule has 0 amide bonds. The molecule has 1 saturated heterocycles. The molecule has 8 nitrogen and oxygen atoms in total. The summed E-state index contributed by atoms with van der Waals surface area (Å²) >= 11 is 0. The SMILES string of the molecule is Cc1n[nH]c(C)c1N1CCN(S(=O)(=O)c2ccc3c(c2)OCCO3)CC1. The Bertz CT molecular complexity index is 897. The molecule has 0 spiro atoms. The Kier molecular flexibility index (Phi) is 4.28. The van der Waals surface area contributed by atoms with Crippen LogP contribution in [0.1, 0.15) is 11.4 Å². The second kappa shape index (κ2) is 6.48. The minimum absolute atomic E-state index is 0.242. The highest BCUT2D eigenvalue weighted by Crippen LogP contribution is 2.33. The maximum Gasteiger partial charge on any atom is 0.243 e. The minimum Gasteiger partial charge on any atom is -0.486 e. The average molecular weight is 378 g/mol. The normalized spacial score (nSPS) is 18.2. The molecular formula is C17H22N4O4S. The Labute approximate surface area is 152 Å². The number of H-pyrrole nitrogens is 1. The first-order valence-corrected chi connectivity index (χ1v) is 10.1. The van der Waals surface area contributed by atoms with Crippen molar-refractivity contribution in [2.75, 3.05) is 44.3 Å². The van der Waals surface area contributed by atoms with Gasteiger partial charge in [0.15, 0.2) is 11.5 Å². The maximum absolute atomic E-state index is 13.0. The largest absolute Gasteiger partial charge is 0.486 e. The third-order valence-electron chi connectivity index (χ3n) is 4.80. The lowest BCUT2D eigenvalue weighted by atomic mass is 10.2. The summed E-state index contributed by atoms with van der Waals surface area (Å²) in [6.07, 6.45) is 0. The van der Waals surface area contributed by atoms with E-state index in [0.29, 0.717) is 50.9 Å². The zero-order valence-corrected chi connectivity index (χ0v) is 15.7. The Morgan fingerprint density at radius 2 is 1.73 bits per heavy atom. The summed E-state index contributed by atoms with van der Waals surface area (Å²) in [6, 6.07) is 4.80. The Morgan fingerprint density at radius 1 is 1.04 bits per heavy atom. The highest BCUT2D eigenvalue weighted by Gasteiger charge is 2.31. The molecule has 1 aromatic carbocycles. The molecule has 2 aliphatic heterocycles. The van der Waals surface area contributed by atoms with Crippen LogP contribution in [-0.2, 0) is 10.0 Å². The van der Waals surface area contributed by atoms with E-state index in [0.717, 1.165) is 17.1 Å². The Balaban J connectivity index is 1.51. The molecule has 9 heteroatoms. The van der Waals surface area contributed by atoms with Crippen LogP contribution in [-0.4, -0.2) is 62.3 Å². The number of hydrogen-bond donors (Lipinski definition) is 1. The highest BCUT2D eigenvalue weighted by atomic mass is 32.2. The van der Waals surface area contributed by atoms with Crippen molar-refractivity contribution >= 4 is 15.7 Å². The number of aromatic nitrogens is 2. The predicted octanol–water partition coefficient (Wildman–Crippen LogP) is 1.31. The van der Waals surface area contributed by atoms with Crippen LogP contribution < -0.4 is 14.4 Å². The summed E-state index contributed by atoms with van der Waals surface area (Å²) in [4.78, 5) is 2.43. The maximum atomic E-state index is 13.0. The van der Waals surface area contributed by atoms with Gasteiger partial charge in [-0.2, -0.15) is 9.40 Å². The fourth-order valence-corrected chi connectivity index (χ4v) is 4.93. The van der Waals surface area contributed by atoms with Crippen molar-refractivity contribution in [3.05, 3.63) is 29.6 Å². The number of anilines is 1. The number of hydrogen-bond acceptors (Lipinski definition) is 6. The van der Waals surface area contributed by atoms with E-state index in [-0.39, 0.29) is 4.90 Å². The topological polar surface area (TPSA) is 87.8 Å². The fraction of sp³-hybridized carbons (Fsp3) is 0.471. The molecule has 0 unspecified atom stereocenters. The fourth-order valence-electron chi connectivity index (χ4n) is 3.50. The summed E-state index contributed by atoms with van der Waals surface area (Å²) in [5.41, 5.74) is 3.01. The number of aromatic amines is 1. The van der Waals surface area contributed by atoms with E-state index < -0.39 is 10.0 Å². The van der Waals surface area contributed by atoms with Crippen LogP contribution in [0, 0.1) is 13.8 Å². The standard InChI is InChI=1S/C17H22N4O4S/c1-12-17(13(2)19-18-12)20-5-7-21(8-6-20)26(22,23)14-3-4-15-16(11-14)25-10-9-24-15/h3-4,11H,5-10H2,1-2H3,(H,18,19). The van der Waals surface area contributed by atoms with Gasteiger partial charge in [-0.05, 0) is 26.0 Å². The summed E-state index contributed by atoms with van der Waals surface area (Å²) in [5.74, 6) is 1.08. The molecule has 3 heterocycles. The van der Waals surface area contributed by atoms with Gasteiger partial charge in [0.05, 0.1) is 22.0 Å². The van der Waals surface area contributed by atoms with Crippen molar-refractivity contribution in [3.63, 3.8) is 0 Å². The molecule has 140 valence electrons. The minimum atomic E-state index is -3.56. The van der Waals surface area contributed by atoms with Gasteiger partial charge in [-0.15, -0.1) is 0 Å². The molecule has 2 aromatic rings. The Hall–Kier alpha value is -2.26. The molecule has 0 aliphatic carbocycles. The van der Waals surface area contributed by atoms with E-state index in [9.17, 15) is 8.42 Å². The van der Waals surface area contributed by atoms with Crippen molar-refractivity contribution < 1.29 is 17.9 Å². The molecule has 0 saturated carbocycles. The van der Waals surface area contributed by atoms with E-state index in [2.05, 4.69) is 15.1 Å². The van der Waals surface area contributed by atoms with Crippen LogP contribution >= 0.6 is 0 Å². The van der Waals surface area contributed by atoms with Crippen molar-refractivity contribution in [1.29, 1.82) is 0 Å². The predicted molar refractivity (Wildman–Crippen MR) is 96.5 cm³/mol. The smallest absolute Gasteiger partial charge is 0.243 e. The zero-order chi connectivity index (χ0) is 18.3. The van der Waals surface area contributed by atoms with Gasteiger partial charge in [-0.25, -0.2) is 8.42 Å². The van der Waals surface area contributed by atoms with Crippen LogP contribution in [0.3, 0.4) is 0 Å². The van der Waals surface area contributed by atoms with Gasteiger partial charge in [0.25, 0.3) is 0 Å². The quantitative estimate of drug-likeness (QED) is 0.866. The van der Waals surface area contributed by atoms with Crippen molar-refractivity contribution in [2.24, 2.45) is 0 Å². The number of piperazine rings is 1. The summed E-state index contributed by atoms with van der Waals surface area (Å²) in [6.45, 7) is 6.97. The van der Waals surface area contributed by atoms with Gasteiger partial charge in [0, 0.05) is 32.2 Å². The first-order chi connectivity index (χ1) is 12.5. The van der Waals surface area contributed by atoms with Crippen molar-refractivity contribution in [2.45, 2.75) is 18.7 Å². The van der Waals surface area contributed by atoms with Crippen molar-refractivity contribution in [1.82, 2.24) is 14.5 Å². The van der Waals surface area contributed by atoms with Crippen molar-refractivity contribution in [3.8, 4) is 11.5 Å². The number of nitrogens with zero attached hydrogens (tertiary/aromatic N) is 3. The number of sulfonamides is 1. The van der Waals surface area contributed by atoms with E-state index in [4.69, 9.17) is 9.47 Å². The summed E-state index contributed by atoms with van der Waals surface area (Å²) in [5, 5.41) is 7.20. The van der Waals surface area contributed by atoms with Gasteiger partial charge in [-0.1, -0.05) is 0 Å². The third-order valence-corrected chi connectivity index (χ3v) is 6.69. The van der Waals surface area contributed by atoms with Crippen LogP contribution in [0.5, 0.6) is 11.5 Å². The number of rotatable bonds is 3. The number of ether oxygens (including phenoxy) is 2. The monoisotopic (exact) mass is 378 g/mol.